The molecule has 9 heteroatoms. The highest BCUT2D eigenvalue weighted by molar-refractivity contribution is 6.07. The van der Waals surface area contributed by atoms with Crippen LogP contribution in [0.4, 0.5) is 11.4 Å². The Hall–Kier alpha value is -4.27. The maximum Gasteiger partial charge on any atom is 0.282 e. The standard InChI is InChI=1S/C21H17N5O4/c1-2-30-16-10-8-15(9-11-16)25-23-18-12-7-14(13-19(18)24-25)22-21(27)17-5-3-4-6-20(17)26(28)29/h3-13H,2H2,1H3,(H,22,27). The van der Waals surface area contributed by atoms with Crippen LogP contribution in [0.2, 0.25) is 0 Å². The van der Waals surface area contributed by atoms with Crippen molar-refractivity contribution in [3.63, 3.8) is 0 Å². The fraction of sp³-hybridized carbons (Fsp3) is 0.0952. The average Bonchev–Trinajstić information content (AvgIpc) is 3.18. The highest BCUT2D eigenvalue weighted by atomic mass is 16.6. The van der Waals surface area contributed by atoms with Crippen LogP contribution in [0.1, 0.15) is 17.3 Å². The zero-order chi connectivity index (χ0) is 21.1. The molecule has 0 unspecified atom stereocenters. The average molecular weight is 403 g/mol. The van der Waals surface area contributed by atoms with E-state index in [-0.39, 0.29) is 11.3 Å². The van der Waals surface area contributed by atoms with Gasteiger partial charge in [-0.25, -0.2) is 0 Å². The number of hydrogen-bond donors (Lipinski definition) is 1. The normalized spacial score (nSPS) is 10.7. The van der Waals surface area contributed by atoms with E-state index in [1.54, 1.807) is 24.3 Å². The zero-order valence-corrected chi connectivity index (χ0v) is 16.0. The van der Waals surface area contributed by atoms with E-state index in [0.717, 1.165) is 11.4 Å². The molecule has 3 aromatic carbocycles. The lowest BCUT2D eigenvalue weighted by molar-refractivity contribution is -0.385. The SMILES string of the molecule is CCOc1ccc(-n2nc3ccc(NC(=O)c4ccccc4[N+](=O)[O-])cc3n2)cc1. The molecule has 0 saturated heterocycles. The topological polar surface area (TPSA) is 112 Å². The summed E-state index contributed by atoms with van der Waals surface area (Å²) in [5.74, 6) is 0.193. The third-order valence-electron chi connectivity index (χ3n) is 4.36. The molecule has 0 atom stereocenters. The Kier molecular flexibility index (Phi) is 5.08. The Morgan fingerprint density at radius 2 is 1.80 bits per heavy atom. The summed E-state index contributed by atoms with van der Waals surface area (Å²) < 4.78 is 5.44. The number of carbonyl (C=O) groups is 1. The number of nitrogens with zero attached hydrogens (tertiary/aromatic N) is 4. The van der Waals surface area contributed by atoms with Gasteiger partial charge < -0.3 is 10.1 Å². The van der Waals surface area contributed by atoms with Crippen molar-refractivity contribution >= 4 is 28.3 Å². The molecule has 1 amide bonds. The molecule has 0 aliphatic carbocycles. The largest absolute Gasteiger partial charge is 0.494 e. The molecule has 0 aliphatic rings. The Bertz CT molecular complexity index is 1230. The number of nitro groups is 1. The van der Waals surface area contributed by atoms with E-state index in [1.165, 1.54) is 23.0 Å². The predicted octanol–water partition coefficient (Wildman–Crippen LogP) is 3.98. The molecular weight excluding hydrogens is 386 g/mol. The van der Waals surface area contributed by atoms with Crippen LogP contribution >= 0.6 is 0 Å². The molecule has 0 spiro atoms. The molecular formula is C21H17N5O4. The lowest BCUT2D eigenvalue weighted by Crippen LogP contribution is -2.13. The van der Waals surface area contributed by atoms with Gasteiger partial charge in [-0.05, 0) is 55.5 Å². The molecule has 0 fully saturated rings. The van der Waals surface area contributed by atoms with Gasteiger partial charge in [-0.3, -0.25) is 14.9 Å². The number of ether oxygens (including phenoxy) is 1. The quantitative estimate of drug-likeness (QED) is 0.385. The second-order valence-electron chi connectivity index (χ2n) is 6.35. The van der Waals surface area contributed by atoms with Crippen molar-refractivity contribution in [1.82, 2.24) is 15.0 Å². The van der Waals surface area contributed by atoms with Gasteiger partial charge in [-0.1, -0.05) is 12.1 Å². The lowest BCUT2D eigenvalue weighted by Gasteiger charge is -2.05. The van der Waals surface area contributed by atoms with Gasteiger partial charge in [0.2, 0.25) is 0 Å². The summed E-state index contributed by atoms with van der Waals surface area (Å²) in [6.07, 6.45) is 0. The van der Waals surface area contributed by atoms with Crippen LogP contribution in [0.5, 0.6) is 5.75 Å². The van der Waals surface area contributed by atoms with Gasteiger partial charge in [-0.2, -0.15) is 4.80 Å². The Morgan fingerprint density at radius 3 is 2.53 bits per heavy atom. The summed E-state index contributed by atoms with van der Waals surface area (Å²) in [6.45, 7) is 2.51. The van der Waals surface area contributed by atoms with Gasteiger partial charge in [0.05, 0.1) is 17.2 Å². The van der Waals surface area contributed by atoms with Crippen molar-refractivity contribution in [2.75, 3.05) is 11.9 Å². The second kappa shape index (κ2) is 8.00. The van der Waals surface area contributed by atoms with Crippen molar-refractivity contribution in [3.05, 3.63) is 82.4 Å². The molecule has 9 nitrogen and oxygen atoms in total. The van der Waals surface area contributed by atoms with Gasteiger partial charge in [0.25, 0.3) is 11.6 Å². The maximum absolute atomic E-state index is 12.5. The number of nitrogens with one attached hydrogen (secondary N) is 1. The fourth-order valence-corrected chi connectivity index (χ4v) is 2.97. The summed E-state index contributed by atoms with van der Waals surface area (Å²) in [7, 11) is 0. The number of aromatic nitrogens is 3. The lowest BCUT2D eigenvalue weighted by atomic mass is 10.1. The molecule has 30 heavy (non-hydrogen) atoms. The van der Waals surface area contributed by atoms with Crippen LogP contribution in [-0.4, -0.2) is 32.4 Å². The molecule has 4 rings (SSSR count). The molecule has 0 saturated carbocycles. The van der Waals surface area contributed by atoms with Crippen molar-refractivity contribution in [1.29, 1.82) is 0 Å². The first-order valence-electron chi connectivity index (χ1n) is 9.20. The van der Waals surface area contributed by atoms with Crippen molar-refractivity contribution in [2.24, 2.45) is 0 Å². The monoisotopic (exact) mass is 403 g/mol. The van der Waals surface area contributed by atoms with Crippen molar-refractivity contribution in [3.8, 4) is 11.4 Å². The van der Waals surface area contributed by atoms with Crippen LogP contribution < -0.4 is 10.1 Å². The smallest absolute Gasteiger partial charge is 0.282 e. The van der Waals surface area contributed by atoms with E-state index < -0.39 is 10.8 Å². The van der Waals surface area contributed by atoms with Gasteiger partial charge in [0.15, 0.2) is 0 Å². The number of hydrogen-bond acceptors (Lipinski definition) is 6. The molecule has 1 aromatic heterocycles. The van der Waals surface area contributed by atoms with E-state index in [1.807, 2.05) is 31.2 Å². The van der Waals surface area contributed by atoms with Crippen molar-refractivity contribution in [2.45, 2.75) is 6.92 Å². The minimum Gasteiger partial charge on any atom is -0.494 e. The first-order valence-corrected chi connectivity index (χ1v) is 9.20. The van der Waals surface area contributed by atoms with Gasteiger partial charge in [0, 0.05) is 11.8 Å². The van der Waals surface area contributed by atoms with E-state index >= 15 is 0 Å². The van der Waals surface area contributed by atoms with E-state index in [9.17, 15) is 14.9 Å². The van der Waals surface area contributed by atoms with E-state index in [2.05, 4.69) is 15.5 Å². The summed E-state index contributed by atoms with van der Waals surface area (Å²) in [4.78, 5) is 24.6. The Morgan fingerprint density at radius 1 is 1.07 bits per heavy atom. The number of benzene rings is 3. The summed E-state index contributed by atoms with van der Waals surface area (Å²) >= 11 is 0. The van der Waals surface area contributed by atoms with Crippen LogP contribution in [0.25, 0.3) is 16.7 Å². The van der Waals surface area contributed by atoms with Gasteiger partial charge in [0.1, 0.15) is 22.3 Å². The second-order valence-corrected chi connectivity index (χ2v) is 6.35. The molecule has 1 N–H and O–H groups in total. The number of carbonyl (C=O) groups excluding carboxylic acids is 1. The minimum atomic E-state index is -0.583. The zero-order valence-electron chi connectivity index (χ0n) is 16.0. The summed E-state index contributed by atoms with van der Waals surface area (Å²) in [5, 5.41) is 22.7. The fourth-order valence-electron chi connectivity index (χ4n) is 2.97. The van der Waals surface area contributed by atoms with Crippen LogP contribution in [-0.2, 0) is 0 Å². The van der Waals surface area contributed by atoms with E-state index in [0.29, 0.717) is 23.3 Å². The number of anilines is 1. The van der Waals surface area contributed by atoms with Crippen LogP contribution in [0, 0.1) is 10.1 Å². The third-order valence-corrected chi connectivity index (χ3v) is 4.36. The molecule has 4 aromatic rings. The highest BCUT2D eigenvalue weighted by Gasteiger charge is 2.19. The number of fused-ring (bicyclic) bond motifs is 1. The van der Waals surface area contributed by atoms with Crippen LogP contribution in [0.3, 0.4) is 0 Å². The number of rotatable bonds is 6. The molecule has 0 radical (unpaired) electrons. The summed E-state index contributed by atoms with van der Waals surface area (Å²) in [6, 6.07) is 18.2. The maximum atomic E-state index is 12.5. The van der Waals surface area contributed by atoms with Crippen LogP contribution in [0.15, 0.2) is 66.7 Å². The Labute approximate surface area is 171 Å². The number of para-hydroxylation sites is 1. The number of nitro benzene ring substituents is 1. The molecule has 150 valence electrons. The first kappa shape index (κ1) is 19.1. The van der Waals surface area contributed by atoms with Gasteiger partial charge >= 0.3 is 0 Å². The van der Waals surface area contributed by atoms with Crippen molar-refractivity contribution < 1.29 is 14.5 Å². The highest BCUT2D eigenvalue weighted by Crippen LogP contribution is 2.22. The van der Waals surface area contributed by atoms with Gasteiger partial charge in [-0.15, -0.1) is 10.2 Å². The minimum absolute atomic E-state index is 0.0133. The van der Waals surface area contributed by atoms with E-state index in [4.69, 9.17) is 4.74 Å². The Balaban J connectivity index is 1.58. The molecule has 1 heterocycles. The molecule has 0 bridgehead atoms. The predicted molar refractivity (Wildman–Crippen MR) is 111 cm³/mol. The third kappa shape index (κ3) is 3.81. The number of amides is 1. The first-order chi connectivity index (χ1) is 14.5. The summed E-state index contributed by atoms with van der Waals surface area (Å²) in [5.41, 5.74) is 2.18. The molecule has 0 aliphatic heterocycles.